The summed E-state index contributed by atoms with van der Waals surface area (Å²) >= 11 is 0. The molecule has 0 saturated heterocycles. The van der Waals surface area contributed by atoms with Gasteiger partial charge in [0.15, 0.2) is 0 Å². The minimum absolute atomic E-state index is 0.422. The van der Waals surface area contributed by atoms with Crippen molar-refractivity contribution in [3.63, 3.8) is 0 Å². The zero-order valence-corrected chi connectivity index (χ0v) is 17.0. The monoisotopic (exact) mass is 431 g/mol. The van der Waals surface area contributed by atoms with E-state index in [-0.39, 0.29) is 0 Å². The maximum absolute atomic E-state index is 12.6. The Balaban J connectivity index is 5.44. The topological polar surface area (TPSA) is 231 Å². The number of hydrogen-bond donors (Lipinski definition) is 7. The zero-order chi connectivity index (χ0) is 23.6. The number of carboxylic acid groups (broad SMARTS) is 2. The molecule has 0 aromatic carbocycles. The van der Waals surface area contributed by atoms with E-state index in [1.54, 1.807) is 13.8 Å². The van der Waals surface area contributed by atoms with Gasteiger partial charge in [-0.2, -0.15) is 0 Å². The predicted molar refractivity (Wildman–Crippen MR) is 103 cm³/mol. The van der Waals surface area contributed by atoms with Crippen molar-refractivity contribution in [2.75, 3.05) is 0 Å². The average molecular weight is 431 g/mol. The van der Waals surface area contributed by atoms with Crippen molar-refractivity contribution >= 4 is 35.6 Å². The van der Waals surface area contributed by atoms with Crippen molar-refractivity contribution in [1.29, 1.82) is 0 Å². The molecule has 0 aromatic heterocycles. The summed E-state index contributed by atoms with van der Waals surface area (Å²) in [6.45, 7) is 4.63. The van der Waals surface area contributed by atoms with Gasteiger partial charge in [-0.05, 0) is 12.8 Å². The lowest BCUT2D eigenvalue weighted by atomic mass is 9.97. The first kappa shape index (κ1) is 26.8. The van der Waals surface area contributed by atoms with Crippen LogP contribution in [0.1, 0.15) is 40.0 Å². The van der Waals surface area contributed by atoms with Gasteiger partial charge in [0.1, 0.15) is 18.1 Å². The van der Waals surface area contributed by atoms with E-state index in [2.05, 4.69) is 16.0 Å². The molecular formula is C17H29N5O8. The maximum atomic E-state index is 12.6. The molecule has 0 fully saturated rings. The Morgan fingerprint density at radius 3 is 1.87 bits per heavy atom. The molecule has 0 aliphatic heterocycles. The highest BCUT2D eigenvalue weighted by molar-refractivity contribution is 5.96. The molecule has 30 heavy (non-hydrogen) atoms. The number of nitrogens with two attached hydrogens (primary N) is 2. The highest BCUT2D eigenvalue weighted by Gasteiger charge is 2.32. The summed E-state index contributed by atoms with van der Waals surface area (Å²) in [5.74, 6) is -6.67. The van der Waals surface area contributed by atoms with Gasteiger partial charge in [0.2, 0.25) is 23.6 Å². The molecule has 13 nitrogen and oxygen atoms in total. The van der Waals surface area contributed by atoms with E-state index in [9.17, 15) is 28.8 Å². The quantitative estimate of drug-likeness (QED) is 0.160. The molecule has 170 valence electrons. The normalized spacial score (nSPS) is 15.6. The van der Waals surface area contributed by atoms with E-state index in [1.165, 1.54) is 6.92 Å². The summed E-state index contributed by atoms with van der Waals surface area (Å²) in [4.78, 5) is 70.0. The number of nitrogens with one attached hydrogen (secondary N) is 3. The molecule has 4 amide bonds. The van der Waals surface area contributed by atoms with Gasteiger partial charge in [-0.25, -0.2) is 0 Å². The van der Waals surface area contributed by atoms with Crippen LogP contribution in [0, 0.1) is 5.92 Å². The number of aliphatic carboxylic acids is 2. The first-order chi connectivity index (χ1) is 13.8. The molecule has 5 atom stereocenters. The first-order valence-corrected chi connectivity index (χ1v) is 9.19. The first-order valence-electron chi connectivity index (χ1n) is 9.19. The van der Waals surface area contributed by atoms with Crippen molar-refractivity contribution in [3.05, 3.63) is 0 Å². The van der Waals surface area contributed by atoms with Crippen molar-refractivity contribution in [2.45, 2.75) is 64.2 Å². The van der Waals surface area contributed by atoms with Crippen LogP contribution in [-0.2, 0) is 28.8 Å². The number of carbonyl (C=O) groups excluding carboxylic acids is 4. The summed E-state index contributed by atoms with van der Waals surface area (Å²) in [6, 6.07) is -5.36. The Morgan fingerprint density at radius 2 is 1.43 bits per heavy atom. The van der Waals surface area contributed by atoms with Crippen molar-refractivity contribution in [3.8, 4) is 0 Å². The number of rotatable bonds is 13. The van der Waals surface area contributed by atoms with E-state index in [4.69, 9.17) is 21.7 Å². The molecule has 0 heterocycles. The van der Waals surface area contributed by atoms with Gasteiger partial charge in [0.05, 0.1) is 18.9 Å². The third kappa shape index (κ3) is 9.32. The Kier molecular flexibility index (Phi) is 11.0. The minimum Gasteiger partial charge on any atom is -0.481 e. The number of primary amides is 1. The fraction of sp³-hybridized carbons (Fsp3) is 0.647. The molecule has 0 aliphatic rings. The lowest BCUT2D eigenvalue weighted by Crippen LogP contribution is -2.59. The summed E-state index contributed by atoms with van der Waals surface area (Å²) in [5.41, 5.74) is 10.5. The number of amides is 4. The van der Waals surface area contributed by atoms with Crippen LogP contribution in [0.25, 0.3) is 0 Å². The molecule has 0 rings (SSSR count). The zero-order valence-electron chi connectivity index (χ0n) is 17.0. The standard InChI is InChI=1S/C17H29N5O8/c1-4-7(2)13(16(28)20-8(3)17(29)30)22-15(27)10(6-11(19)23)21-14(26)9(18)5-12(24)25/h7-10,13H,4-6,18H2,1-3H3,(H2,19,23)(H,20,28)(H,21,26)(H,22,27)(H,24,25)(H,29,30). The van der Waals surface area contributed by atoms with Crippen LogP contribution in [0.2, 0.25) is 0 Å². The summed E-state index contributed by atoms with van der Waals surface area (Å²) in [7, 11) is 0. The lowest BCUT2D eigenvalue weighted by molar-refractivity contribution is -0.142. The molecule has 0 bridgehead atoms. The molecule has 0 aromatic rings. The van der Waals surface area contributed by atoms with Gasteiger partial charge >= 0.3 is 11.9 Å². The van der Waals surface area contributed by atoms with E-state index in [0.717, 1.165) is 0 Å². The van der Waals surface area contributed by atoms with E-state index < -0.39 is 78.5 Å². The summed E-state index contributed by atoms with van der Waals surface area (Å²) in [5, 5.41) is 24.4. The molecular weight excluding hydrogens is 402 g/mol. The minimum atomic E-state index is -1.51. The molecule has 0 radical (unpaired) electrons. The van der Waals surface area contributed by atoms with Crippen LogP contribution >= 0.6 is 0 Å². The molecule has 13 heteroatoms. The van der Waals surface area contributed by atoms with Crippen LogP contribution in [0.5, 0.6) is 0 Å². The smallest absolute Gasteiger partial charge is 0.325 e. The fourth-order valence-electron chi connectivity index (χ4n) is 2.29. The van der Waals surface area contributed by atoms with Gasteiger partial charge in [-0.15, -0.1) is 0 Å². The highest BCUT2D eigenvalue weighted by Crippen LogP contribution is 2.09. The van der Waals surface area contributed by atoms with Gasteiger partial charge in [-0.1, -0.05) is 20.3 Å². The average Bonchev–Trinajstić information content (AvgIpc) is 2.63. The van der Waals surface area contributed by atoms with E-state index in [0.29, 0.717) is 6.42 Å². The predicted octanol–water partition coefficient (Wildman–Crippen LogP) is -2.73. The van der Waals surface area contributed by atoms with E-state index >= 15 is 0 Å². The van der Waals surface area contributed by atoms with Crippen LogP contribution in [0.3, 0.4) is 0 Å². The van der Waals surface area contributed by atoms with Crippen molar-refractivity contribution < 1.29 is 39.0 Å². The molecule has 5 unspecified atom stereocenters. The highest BCUT2D eigenvalue weighted by atomic mass is 16.4. The second kappa shape index (κ2) is 12.4. The van der Waals surface area contributed by atoms with Gasteiger partial charge in [0.25, 0.3) is 0 Å². The third-order valence-electron chi connectivity index (χ3n) is 4.29. The van der Waals surface area contributed by atoms with Crippen LogP contribution in [0.4, 0.5) is 0 Å². The maximum Gasteiger partial charge on any atom is 0.325 e. The molecule has 9 N–H and O–H groups in total. The Morgan fingerprint density at radius 1 is 0.867 bits per heavy atom. The second-order valence-corrected chi connectivity index (χ2v) is 6.88. The van der Waals surface area contributed by atoms with Gasteiger partial charge in [-0.3, -0.25) is 28.8 Å². The third-order valence-corrected chi connectivity index (χ3v) is 4.29. The lowest BCUT2D eigenvalue weighted by Gasteiger charge is -2.27. The molecule has 0 spiro atoms. The Labute approximate surface area is 172 Å². The van der Waals surface area contributed by atoms with Crippen molar-refractivity contribution in [2.24, 2.45) is 17.4 Å². The largest absolute Gasteiger partial charge is 0.481 e. The fourth-order valence-corrected chi connectivity index (χ4v) is 2.29. The van der Waals surface area contributed by atoms with Gasteiger partial charge < -0.3 is 37.6 Å². The van der Waals surface area contributed by atoms with Crippen LogP contribution in [0.15, 0.2) is 0 Å². The Hall–Kier alpha value is -3.22. The van der Waals surface area contributed by atoms with Crippen molar-refractivity contribution in [1.82, 2.24) is 16.0 Å². The van der Waals surface area contributed by atoms with E-state index in [1.807, 2.05) is 0 Å². The summed E-state index contributed by atoms with van der Waals surface area (Å²) < 4.78 is 0. The number of carbonyl (C=O) groups is 6. The molecule has 0 saturated carbocycles. The SMILES string of the molecule is CCC(C)C(NC(=O)C(CC(N)=O)NC(=O)C(N)CC(=O)O)C(=O)NC(C)C(=O)O. The summed E-state index contributed by atoms with van der Waals surface area (Å²) in [6.07, 6.45) is -0.893. The van der Waals surface area contributed by atoms with Crippen LogP contribution in [-0.4, -0.2) is 69.9 Å². The van der Waals surface area contributed by atoms with Gasteiger partial charge in [0, 0.05) is 0 Å². The molecule has 0 aliphatic carbocycles. The Bertz CT molecular complexity index is 683. The number of carboxylic acids is 2. The van der Waals surface area contributed by atoms with Crippen LogP contribution < -0.4 is 27.4 Å². The second-order valence-electron chi connectivity index (χ2n) is 6.88. The number of hydrogen-bond acceptors (Lipinski definition) is 7.